The average Bonchev–Trinajstić information content (AvgIpc) is 2.19. The summed E-state index contributed by atoms with van der Waals surface area (Å²) in [5, 5.41) is 0. The summed E-state index contributed by atoms with van der Waals surface area (Å²) in [4.78, 5) is 0. The topological polar surface area (TPSA) is 18.5 Å². The van der Waals surface area contributed by atoms with Crippen molar-refractivity contribution in [3.8, 4) is 0 Å². The van der Waals surface area contributed by atoms with Gasteiger partial charge in [0.1, 0.15) is 25.0 Å². The van der Waals surface area contributed by atoms with Crippen molar-refractivity contribution >= 4 is 12.8 Å². The molecule has 1 aliphatic heterocycles. The molecular weight excluding hydrogens is 222 g/mol. The standard InChI is InChI=1S/C12H24NO2S/c1-10(2)14-7-5-6-13(16)8-12(4)15-9-11(13)3/h10,12,16H,3,5-9H2,1-2,4H3/q+1/t12-,13?/m0/s1. The van der Waals surface area contributed by atoms with Crippen molar-refractivity contribution in [2.24, 2.45) is 0 Å². The maximum Gasteiger partial charge on any atom is 0.139 e. The molecule has 0 aromatic heterocycles. The number of quaternary nitrogens is 1. The molecular formula is C12H24NO2S+. The molecule has 0 bridgehead atoms. The zero-order valence-corrected chi connectivity index (χ0v) is 11.5. The Morgan fingerprint density at radius 1 is 1.62 bits per heavy atom. The van der Waals surface area contributed by atoms with Crippen molar-refractivity contribution in [2.45, 2.75) is 39.4 Å². The second-order valence-electron chi connectivity index (χ2n) is 4.79. The van der Waals surface area contributed by atoms with E-state index in [1.165, 1.54) is 0 Å². The normalized spacial score (nSPS) is 31.1. The first-order valence-electron chi connectivity index (χ1n) is 5.95. The van der Waals surface area contributed by atoms with E-state index in [1.54, 1.807) is 0 Å². The van der Waals surface area contributed by atoms with Gasteiger partial charge in [0.15, 0.2) is 0 Å². The Labute approximate surface area is 105 Å². The molecule has 94 valence electrons. The molecule has 1 heterocycles. The van der Waals surface area contributed by atoms with E-state index in [4.69, 9.17) is 22.3 Å². The van der Waals surface area contributed by atoms with Gasteiger partial charge in [-0.25, -0.2) is 3.89 Å². The summed E-state index contributed by atoms with van der Waals surface area (Å²) in [6.07, 6.45) is 1.57. The highest BCUT2D eigenvalue weighted by Gasteiger charge is 2.35. The molecule has 4 heteroatoms. The quantitative estimate of drug-likeness (QED) is 0.456. The van der Waals surface area contributed by atoms with E-state index in [9.17, 15) is 0 Å². The van der Waals surface area contributed by atoms with Crippen LogP contribution < -0.4 is 0 Å². The zero-order chi connectivity index (χ0) is 12.2. The van der Waals surface area contributed by atoms with Gasteiger partial charge < -0.3 is 9.47 Å². The van der Waals surface area contributed by atoms with Gasteiger partial charge in [-0.3, -0.25) is 0 Å². The van der Waals surface area contributed by atoms with Gasteiger partial charge in [0, 0.05) is 6.42 Å². The smallest absolute Gasteiger partial charge is 0.139 e. The van der Waals surface area contributed by atoms with Crippen molar-refractivity contribution in [3.05, 3.63) is 12.3 Å². The van der Waals surface area contributed by atoms with Gasteiger partial charge >= 0.3 is 0 Å². The number of ether oxygens (including phenoxy) is 2. The number of thiol groups is 1. The van der Waals surface area contributed by atoms with Crippen molar-refractivity contribution in [3.63, 3.8) is 0 Å². The molecule has 0 aromatic rings. The predicted molar refractivity (Wildman–Crippen MR) is 69.2 cm³/mol. The molecule has 0 N–H and O–H groups in total. The maximum absolute atomic E-state index is 5.54. The summed E-state index contributed by atoms with van der Waals surface area (Å²) in [6, 6.07) is 0. The van der Waals surface area contributed by atoms with E-state index in [2.05, 4.69) is 27.4 Å². The van der Waals surface area contributed by atoms with Crippen LogP contribution in [0, 0.1) is 0 Å². The lowest BCUT2D eigenvalue weighted by molar-refractivity contribution is -0.767. The summed E-state index contributed by atoms with van der Waals surface area (Å²) < 4.78 is 11.7. The first-order valence-corrected chi connectivity index (χ1v) is 6.35. The van der Waals surface area contributed by atoms with Gasteiger partial charge in [-0.1, -0.05) is 0 Å². The van der Waals surface area contributed by atoms with Gasteiger partial charge in [0.25, 0.3) is 0 Å². The van der Waals surface area contributed by atoms with Crippen LogP contribution in [0.5, 0.6) is 0 Å². The fourth-order valence-electron chi connectivity index (χ4n) is 1.86. The predicted octanol–water partition coefficient (Wildman–Crippen LogP) is 2.40. The number of morpholine rings is 1. The van der Waals surface area contributed by atoms with Crippen LogP contribution in [0.4, 0.5) is 0 Å². The fraction of sp³-hybridized carbons (Fsp3) is 0.833. The van der Waals surface area contributed by atoms with Crippen LogP contribution in [0.1, 0.15) is 27.2 Å². The van der Waals surface area contributed by atoms with Crippen LogP contribution in [-0.2, 0) is 9.47 Å². The van der Waals surface area contributed by atoms with Gasteiger partial charge in [0.05, 0.1) is 32.1 Å². The monoisotopic (exact) mass is 246 g/mol. The van der Waals surface area contributed by atoms with Crippen molar-refractivity contribution in [1.82, 2.24) is 0 Å². The molecule has 1 fully saturated rings. The second kappa shape index (κ2) is 6.05. The van der Waals surface area contributed by atoms with E-state index >= 15 is 0 Å². The summed E-state index contributed by atoms with van der Waals surface area (Å²) in [7, 11) is 0. The molecule has 0 aliphatic carbocycles. The zero-order valence-electron chi connectivity index (χ0n) is 10.6. The molecule has 3 nitrogen and oxygen atoms in total. The molecule has 1 saturated heterocycles. The highest BCUT2D eigenvalue weighted by atomic mass is 32.1. The second-order valence-corrected chi connectivity index (χ2v) is 5.56. The van der Waals surface area contributed by atoms with Crippen LogP contribution in [0.15, 0.2) is 12.3 Å². The van der Waals surface area contributed by atoms with E-state index in [-0.39, 0.29) is 6.10 Å². The Morgan fingerprint density at radius 3 is 2.94 bits per heavy atom. The number of rotatable bonds is 5. The molecule has 0 saturated carbocycles. The molecule has 16 heavy (non-hydrogen) atoms. The lowest BCUT2D eigenvalue weighted by Gasteiger charge is -2.38. The molecule has 0 radical (unpaired) electrons. The highest BCUT2D eigenvalue weighted by Crippen LogP contribution is 2.27. The Morgan fingerprint density at radius 2 is 2.31 bits per heavy atom. The van der Waals surface area contributed by atoms with E-state index in [0.717, 1.165) is 31.8 Å². The molecule has 2 atom stereocenters. The van der Waals surface area contributed by atoms with E-state index in [0.29, 0.717) is 16.6 Å². The van der Waals surface area contributed by atoms with Crippen LogP contribution in [-0.4, -0.2) is 42.4 Å². The number of nitrogens with zero attached hydrogens (tertiary/aromatic N) is 1. The highest BCUT2D eigenvalue weighted by molar-refractivity contribution is 7.74. The molecule has 0 spiro atoms. The third-order valence-corrected chi connectivity index (χ3v) is 3.45. The van der Waals surface area contributed by atoms with Crippen molar-refractivity contribution < 1.29 is 13.4 Å². The van der Waals surface area contributed by atoms with E-state index in [1.807, 2.05) is 0 Å². The van der Waals surface area contributed by atoms with Crippen LogP contribution >= 0.6 is 12.8 Å². The summed E-state index contributed by atoms with van der Waals surface area (Å²) in [5.41, 5.74) is 1.05. The molecule has 0 aromatic carbocycles. The minimum absolute atomic E-state index is 0.258. The average molecular weight is 246 g/mol. The number of hydrogen-bond acceptors (Lipinski definition) is 3. The van der Waals surface area contributed by atoms with Crippen LogP contribution in [0.3, 0.4) is 0 Å². The summed E-state index contributed by atoms with van der Waals surface area (Å²) in [6.45, 7) is 13.5. The molecule has 1 unspecified atom stereocenters. The van der Waals surface area contributed by atoms with Gasteiger partial charge in [-0.05, 0) is 27.4 Å². The summed E-state index contributed by atoms with van der Waals surface area (Å²) >= 11 is 4.73. The Bertz CT molecular complexity index is 245. The van der Waals surface area contributed by atoms with Gasteiger partial charge in [-0.15, -0.1) is 0 Å². The largest absolute Gasteiger partial charge is 0.379 e. The third-order valence-electron chi connectivity index (χ3n) is 2.81. The lowest BCUT2D eigenvalue weighted by Crippen LogP contribution is -2.49. The number of hydrogen-bond donors (Lipinski definition) is 1. The third kappa shape index (κ3) is 4.09. The van der Waals surface area contributed by atoms with E-state index < -0.39 is 0 Å². The minimum Gasteiger partial charge on any atom is -0.379 e. The van der Waals surface area contributed by atoms with Crippen LogP contribution in [0.2, 0.25) is 0 Å². The van der Waals surface area contributed by atoms with Gasteiger partial charge in [0.2, 0.25) is 0 Å². The summed E-state index contributed by atoms with van der Waals surface area (Å²) in [5.74, 6) is 0. The SMILES string of the molecule is C=C1CO[C@@H](C)C[N+]1(S)CCCOC(C)C. The Kier molecular flexibility index (Phi) is 5.31. The van der Waals surface area contributed by atoms with Crippen molar-refractivity contribution in [1.29, 1.82) is 0 Å². The molecule has 0 amide bonds. The van der Waals surface area contributed by atoms with Crippen molar-refractivity contribution in [2.75, 3.05) is 26.3 Å². The Balaban J connectivity index is 2.34. The molecule has 1 rings (SSSR count). The first kappa shape index (κ1) is 14.0. The fourth-order valence-corrected chi connectivity index (χ4v) is 2.29. The lowest BCUT2D eigenvalue weighted by atomic mass is 10.2. The van der Waals surface area contributed by atoms with Gasteiger partial charge in [-0.2, -0.15) is 0 Å². The molecule has 1 aliphatic rings. The maximum atomic E-state index is 5.54. The minimum atomic E-state index is 0.258. The Hall–Kier alpha value is -0.0300. The first-order chi connectivity index (χ1) is 7.44. The van der Waals surface area contributed by atoms with Crippen LogP contribution in [0.25, 0.3) is 0 Å².